The van der Waals surface area contributed by atoms with Crippen LogP contribution in [0.15, 0.2) is 29.4 Å². The number of fused-ring (bicyclic) bond motifs is 5. The first-order chi connectivity index (χ1) is 9.56. The van der Waals surface area contributed by atoms with Crippen molar-refractivity contribution in [2.24, 2.45) is 17.8 Å². The molecule has 1 amide bonds. The Bertz CT molecular complexity index is 660. The number of nitrogens with zero attached hydrogens (tertiary/aromatic N) is 1. The van der Waals surface area contributed by atoms with Crippen molar-refractivity contribution in [3.8, 4) is 0 Å². The standard InChI is InChI=1S/C13H14N2O4S/c16-13(9-6-10-7-5-8(7)12(9)19-10)15-20(17,18)11-3-1-2-4-14-11/h1-4,7-10,12H,5-6H2,(H,15,16)/t7-,8+,9-,10+,12+/m1/s1. The van der Waals surface area contributed by atoms with E-state index in [4.69, 9.17) is 4.74 Å². The average Bonchev–Trinajstić information content (AvgIpc) is 3.04. The minimum absolute atomic E-state index is 0.0936. The Labute approximate surface area is 116 Å². The molecule has 5 atom stereocenters. The third-order valence-corrected chi connectivity index (χ3v) is 5.75. The number of sulfonamides is 1. The number of hydrogen-bond acceptors (Lipinski definition) is 5. The summed E-state index contributed by atoms with van der Waals surface area (Å²) in [6.07, 6.45) is 3.19. The van der Waals surface area contributed by atoms with Crippen LogP contribution in [0.3, 0.4) is 0 Å². The van der Waals surface area contributed by atoms with E-state index in [0.29, 0.717) is 18.3 Å². The molecule has 0 radical (unpaired) electrons. The molecule has 1 aromatic heterocycles. The SMILES string of the molecule is O=C(NS(=O)(=O)c1ccccn1)[C@@H]1C[C@@H]2O[C@H]1[C@H]1C[C@H]12. The summed E-state index contributed by atoms with van der Waals surface area (Å²) in [4.78, 5) is 16.0. The van der Waals surface area contributed by atoms with E-state index in [2.05, 4.69) is 9.71 Å². The first-order valence-corrected chi connectivity index (χ1v) is 8.18. The summed E-state index contributed by atoms with van der Waals surface area (Å²) in [6.45, 7) is 0. The fourth-order valence-corrected chi connectivity index (χ4v) is 4.45. The number of pyridine rings is 1. The summed E-state index contributed by atoms with van der Waals surface area (Å²) < 4.78 is 32.0. The van der Waals surface area contributed by atoms with E-state index in [1.54, 1.807) is 12.1 Å². The molecule has 0 aromatic carbocycles. The van der Waals surface area contributed by atoms with Crippen molar-refractivity contribution in [2.75, 3.05) is 0 Å². The normalized spacial score (nSPS) is 37.5. The second-order valence-corrected chi connectivity index (χ2v) is 7.31. The van der Waals surface area contributed by atoms with Gasteiger partial charge in [0.25, 0.3) is 10.0 Å². The van der Waals surface area contributed by atoms with Gasteiger partial charge in [0.05, 0.1) is 18.1 Å². The summed E-state index contributed by atoms with van der Waals surface area (Å²) in [5.74, 6) is 0.259. The van der Waals surface area contributed by atoms with Crippen molar-refractivity contribution >= 4 is 15.9 Å². The maximum absolute atomic E-state index is 12.2. The molecule has 3 heterocycles. The van der Waals surface area contributed by atoms with E-state index in [-0.39, 0.29) is 23.2 Å². The maximum atomic E-state index is 12.2. The Morgan fingerprint density at radius 3 is 2.80 bits per heavy atom. The summed E-state index contributed by atoms with van der Waals surface area (Å²) in [7, 11) is -3.88. The van der Waals surface area contributed by atoms with E-state index in [1.807, 2.05) is 0 Å². The molecule has 3 aliphatic rings. The van der Waals surface area contributed by atoms with Crippen molar-refractivity contribution in [1.29, 1.82) is 0 Å². The zero-order chi connectivity index (χ0) is 13.9. The highest BCUT2D eigenvalue weighted by atomic mass is 32.2. The Morgan fingerprint density at radius 2 is 2.15 bits per heavy atom. The molecular weight excluding hydrogens is 280 g/mol. The molecule has 6 nitrogen and oxygen atoms in total. The van der Waals surface area contributed by atoms with E-state index in [1.165, 1.54) is 12.3 Å². The maximum Gasteiger partial charge on any atom is 0.281 e. The summed E-state index contributed by atoms with van der Waals surface area (Å²) >= 11 is 0. The molecule has 0 unspecified atom stereocenters. The molecule has 4 rings (SSSR count). The molecule has 20 heavy (non-hydrogen) atoms. The van der Waals surface area contributed by atoms with Crippen LogP contribution in [0.5, 0.6) is 0 Å². The van der Waals surface area contributed by atoms with Crippen molar-refractivity contribution in [3.63, 3.8) is 0 Å². The Balaban J connectivity index is 1.51. The van der Waals surface area contributed by atoms with Crippen molar-refractivity contribution in [3.05, 3.63) is 24.4 Å². The first-order valence-electron chi connectivity index (χ1n) is 6.69. The minimum atomic E-state index is -3.88. The second-order valence-electron chi connectivity index (χ2n) is 5.68. The molecule has 1 aliphatic carbocycles. The van der Waals surface area contributed by atoms with Gasteiger partial charge in [-0.25, -0.2) is 9.71 Å². The molecule has 2 saturated heterocycles. The van der Waals surface area contributed by atoms with Crippen LogP contribution in [0.1, 0.15) is 12.8 Å². The van der Waals surface area contributed by atoms with E-state index in [0.717, 1.165) is 6.42 Å². The van der Waals surface area contributed by atoms with Gasteiger partial charge in [-0.3, -0.25) is 4.79 Å². The number of rotatable bonds is 3. The van der Waals surface area contributed by atoms with Gasteiger partial charge in [0.1, 0.15) is 0 Å². The number of carbonyl (C=O) groups excluding carboxylic acids is 1. The zero-order valence-electron chi connectivity index (χ0n) is 10.6. The second kappa shape index (κ2) is 4.02. The minimum Gasteiger partial charge on any atom is -0.374 e. The Morgan fingerprint density at radius 1 is 1.30 bits per heavy atom. The van der Waals surface area contributed by atoms with Gasteiger partial charge < -0.3 is 4.74 Å². The Kier molecular flexibility index (Phi) is 2.47. The lowest BCUT2D eigenvalue weighted by Crippen LogP contribution is -2.40. The van der Waals surface area contributed by atoms with Crippen LogP contribution >= 0.6 is 0 Å². The molecule has 3 fully saturated rings. The van der Waals surface area contributed by atoms with Crippen LogP contribution in [0.2, 0.25) is 0 Å². The lowest BCUT2D eigenvalue weighted by molar-refractivity contribution is -0.125. The predicted molar refractivity (Wildman–Crippen MR) is 67.9 cm³/mol. The van der Waals surface area contributed by atoms with Gasteiger partial charge in [-0.15, -0.1) is 0 Å². The molecular formula is C13H14N2O4S. The third kappa shape index (κ3) is 1.76. The lowest BCUT2D eigenvalue weighted by Gasteiger charge is -2.17. The number of aromatic nitrogens is 1. The van der Waals surface area contributed by atoms with E-state index < -0.39 is 15.9 Å². The summed E-state index contributed by atoms with van der Waals surface area (Å²) in [5, 5.41) is -0.137. The van der Waals surface area contributed by atoms with Crippen LogP contribution in [-0.2, 0) is 19.6 Å². The highest BCUT2D eigenvalue weighted by Crippen LogP contribution is 2.60. The van der Waals surface area contributed by atoms with E-state index in [9.17, 15) is 13.2 Å². The van der Waals surface area contributed by atoms with Crippen molar-refractivity contribution in [2.45, 2.75) is 30.1 Å². The number of amides is 1. The quantitative estimate of drug-likeness (QED) is 0.867. The van der Waals surface area contributed by atoms with Gasteiger partial charge >= 0.3 is 0 Å². The molecule has 2 aliphatic heterocycles. The zero-order valence-corrected chi connectivity index (χ0v) is 11.4. The van der Waals surface area contributed by atoms with E-state index >= 15 is 0 Å². The third-order valence-electron chi connectivity index (χ3n) is 4.49. The smallest absolute Gasteiger partial charge is 0.281 e. The fourth-order valence-electron chi connectivity index (χ4n) is 3.48. The predicted octanol–water partition coefficient (Wildman–Crippen LogP) is 0.310. The van der Waals surface area contributed by atoms with Gasteiger partial charge in [0, 0.05) is 6.20 Å². The molecule has 1 aromatic rings. The lowest BCUT2D eigenvalue weighted by atomic mass is 9.89. The van der Waals surface area contributed by atoms with Gasteiger partial charge in [0.2, 0.25) is 5.91 Å². The number of hydrogen-bond donors (Lipinski definition) is 1. The van der Waals surface area contributed by atoms with Gasteiger partial charge in [-0.05, 0) is 36.8 Å². The first kappa shape index (κ1) is 12.3. The number of nitrogens with one attached hydrogen (secondary N) is 1. The van der Waals surface area contributed by atoms with Crippen LogP contribution in [0.25, 0.3) is 0 Å². The number of carbonyl (C=O) groups is 1. The fraction of sp³-hybridized carbons (Fsp3) is 0.538. The van der Waals surface area contributed by atoms with Crippen LogP contribution in [0.4, 0.5) is 0 Å². The summed E-state index contributed by atoms with van der Waals surface area (Å²) in [6, 6.07) is 4.56. The topological polar surface area (TPSA) is 85.4 Å². The molecule has 106 valence electrons. The Hall–Kier alpha value is -1.47. The molecule has 0 spiro atoms. The molecule has 1 saturated carbocycles. The van der Waals surface area contributed by atoms with Gasteiger partial charge in [0.15, 0.2) is 5.03 Å². The molecule has 1 N–H and O–H groups in total. The highest BCUT2D eigenvalue weighted by molar-refractivity contribution is 7.90. The van der Waals surface area contributed by atoms with Crippen LogP contribution < -0.4 is 4.72 Å². The van der Waals surface area contributed by atoms with Crippen molar-refractivity contribution < 1.29 is 17.9 Å². The molecule has 7 heteroatoms. The summed E-state index contributed by atoms with van der Waals surface area (Å²) in [5.41, 5.74) is 0. The van der Waals surface area contributed by atoms with Gasteiger partial charge in [-0.1, -0.05) is 6.07 Å². The van der Waals surface area contributed by atoms with Crippen LogP contribution in [-0.4, -0.2) is 31.5 Å². The van der Waals surface area contributed by atoms with Gasteiger partial charge in [-0.2, -0.15) is 8.42 Å². The highest BCUT2D eigenvalue weighted by Gasteiger charge is 2.64. The number of ether oxygens (including phenoxy) is 1. The van der Waals surface area contributed by atoms with Crippen LogP contribution in [0, 0.1) is 17.8 Å². The average molecular weight is 294 g/mol. The monoisotopic (exact) mass is 294 g/mol. The largest absolute Gasteiger partial charge is 0.374 e. The molecule has 2 bridgehead atoms. The van der Waals surface area contributed by atoms with Crippen molar-refractivity contribution in [1.82, 2.24) is 9.71 Å².